The van der Waals surface area contributed by atoms with Crippen LogP contribution in [0.5, 0.6) is 0 Å². The van der Waals surface area contributed by atoms with E-state index in [0.717, 1.165) is 24.8 Å². The fraction of sp³-hybridized carbons (Fsp3) is 0.526. The Bertz CT molecular complexity index is 845. The number of ether oxygens (including phenoxy) is 1. The molecule has 0 fully saturated rings. The number of hydrogen-bond acceptors (Lipinski definition) is 5. The van der Waals surface area contributed by atoms with Crippen LogP contribution in [0.4, 0.5) is 5.00 Å². The molecule has 1 aliphatic carbocycles. The molecule has 0 radical (unpaired) electrons. The van der Waals surface area contributed by atoms with Gasteiger partial charge in [0.15, 0.2) is 0 Å². The normalized spacial score (nSPS) is 16.9. The number of aryl methyl sites for hydroxylation is 1. The van der Waals surface area contributed by atoms with Crippen LogP contribution >= 0.6 is 11.3 Å². The molecule has 0 saturated carbocycles. The van der Waals surface area contributed by atoms with E-state index in [-0.39, 0.29) is 11.3 Å². The van der Waals surface area contributed by atoms with Crippen molar-refractivity contribution in [2.24, 2.45) is 18.4 Å². The van der Waals surface area contributed by atoms with Gasteiger partial charge < -0.3 is 10.1 Å². The highest BCUT2D eigenvalue weighted by Gasteiger charge is 2.34. The minimum atomic E-state index is -0.392. The van der Waals surface area contributed by atoms with E-state index in [2.05, 4.69) is 31.2 Å². The van der Waals surface area contributed by atoms with Crippen molar-refractivity contribution in [1.82, 2.24) is 9.78 Å². The van der Waals surface area contributed by atoms with Crippen LogP contribution in [0.1, 0.15) is 58.5 Å². The van der Waals surface area contributed by atoms with Gasteiger partial charge in [0, 0.05) is 18.1 Å². The van der Waals surface area contributed by atoms with E-state index in [4.69, 9.17) is 4.74 Å². The smallest absolute Gasteiger partial charge is 0.341 e. The summed E-state index contributed by atoms with van der Waals surface area (Å²) in [6.45, 7) is 6.76. The van der Waals surface area contributed by atoms with Gasteiger partial charge in [0.2, 0.25) is 0 Å². The molecule has 1 N–H and O–H groups in total. The number of hydrogen-bond donors (Lipinski definition) is 1. The van der Waals surface area contributed by atoms with Gasteiger partial charge in [-0.05, 0) is 42.2 Å². The van der Waals surface area contributed by atoms with Gasteiger partial charge >= 0.3 is 5.97 Å². The monoisotopic (exact) mass is 375 g/mol. The van der Waals surface area contributed by atoms with E-state index < -0.39 is 5.97 Å². The molecule has 1 atom stereocenters. The molecule has 3 rings (SSSR count). The minimum absolute atomic E-state index is 0.214. The Labute approximate surface area is 157 Å². The van der Waals surface area contributed by atoms with Crippen LogP contribution in [0.15, 0.2) is 12.3 Å². The van der Waals surface area contributed by atoms with E-state index in [1.54, 1.807) is 19.3 Å². The molecule has 1 aliphatic rings. The zero-order valence-electron chi connectivity index (χ0n) is 15.9. The number of thiophene rings is 1. The molecule has 2 aromatic rings. The first kappa shape index (κ1) is 18.6. The summed E-state index contributed by atoms with van der Waals surface area (Å²) < 4.78 is 6.50. The van der Waals surface area contributed by atoms with Crippen molar-refractivity contribution >= 4 is 28.2 Å². The van der Waals surface area contributed by atoms with Crippen LogP contribution in [0.25, 0.3) is 0 Å². The quantitative estimate of drug-likeness (QED) is 0.831. The summed E-state index contributed by atoms with van der Waals surface area (Å²) in [4.78, 5) is 26.2. The average Bonchev–Trinajstić information content (AvgIpc) is 3.15. The number of nitrogens with one attached hydrogen (secondary N) is 1. The average molecular weight is 375 g/mol. The summed E-state index contributed by atoms with van der Waals surface area (Å²) in [5, 5.41) is 7.49. The van der Waals surface area contributed by atoms with Crippen molar-refractivity contribution in [3.63, 3.8) is 0 Å². The summed E-state index contributed by atoms with van der Waals surface area (Å²) in [6, 6.07) is 1.65. The van der Waals surface area contributed by atoms with Gasteiger partial charge in [0.1, 0.15) is 10.7 Å². The number of fused-ring (bicyclic) bond motifs is 1. The third kappa shape index (κ3) is 3.40. The third-order valence-corrected chi connectivity index (χ3v) is 6.33. The van der Waals surface area contributed by atoms with Crippen LogP contribution in [0, 0.1) is 11.3 Å². The second-order valence-corrected chi connectivity index (χ2v) is 8.90. The number of nitrogens with zero attached hydrogens (tertiary/aromatic N) is 2. The standard InChI is InChI=1S/C19H25N3O3S/c1-19(2,3)11-6-7-12-14(10-11)26-17(15(12)18(24)25-5)21-16(23)13-8-9-20-22(13)4/h8-9,11H,6-7,10H2,1-5H3,(H,21,23)/t11-/m1/s1. The Morgan fingerprint density at radius 1 is 1.38 bits per heavy atom. The van der Waals surface area contributed by atoms with Crippen molar-refractivity contribution in [1.29, 1.82) is 0 Å². The summed E-state index contributed by atoms with van der Waals surface area (Å²) in [5.41, 5.74) is 2.20. The number of esters is 1. The molecular formula is C19H25N3O3S. The van der Waals surface area contributed by atoms with Gasteiger partial charge in [-0.25, -0.2) is 4.79 Å². The lowest BCUT2D eigenvalue weighted by Gasteiger charge is -2.33. The highest BCUT2D eigenvalue weighted by molar-refractivity contribution is 7.17. The summed E-state index contributed by atoms with van der Waals surface area (Å²) in [7, 11) is 3.09. The van der Waals surface area contributed by atoms with Crippen molar-refractivity contribution in [2.75, 3.05) is 12.4 Å². The van der Waals surface area contributed by atoms with Gasteiger partial charge in [0.05, 0.1) is 12.7 Å². The molecule has 1 amide bonds. The zero-order chi connectivity index (χ0) is 19.1. The molecule has 0 aliphatic heterocycles. The first-order valence-corrected chi connectivity index (χ1v) is 9.56. The van der Waals surface area contributed by atoms with Gasteiger partial charge in [-0.3, -0.25) is 9.48 Å². The Hall–Kier alpha value is -2.15. The van der Waals surface area contributed by atoms with E-state index >= 15 is 0 Å². The number of rotatable bonds is 3. The number of methoxy groups -OCH3 is 1. The topological polar surface area (TPSA) is 73.2 Å². The highest BCUT2D eigenvalue weighted by atomic mass is 32.1. The van der Waals surface area contributed by atoms with Crippen molar-refractivity contribution in [3.8, 4) is 0 Å². The van der Waals surface area contributed by atoms with E-state index in [0.29, 0.717) is 22.2 Å². The lowest BCUT2D eigenvalue weighted by molar-refractivity contribution is 0.0600. The van der Waals surface area contributed by atoms with Crippen LogP contribution in [0.3, 0.4) is 0 Å². The zero-order valence-corrected chi connectivity index (χ0v) is 16.7. The van der Waals surface area contributed by atoms with Gasteiger partial charge in [0.25, 0.3) is 5.91 Å². The number of amides is 1. The van der Waals surface area contributed by atoms with Crippen LogP contribution < -0.4 is 5.32 Å². The lowest BCUT2D eigenvalue weighted by Crippen LogP contribution is -2.26. The first-order valence-electron chi connectivity index (χ1n) is 8.74. The van der Waals surface area contributed by atoms with E-state index in [1.165, 1.54) is 28.0 Å². The predicted octanol–water partition coefficient (Wildman–Crippen LogP) is 3.67. The second-order valence-electron chi connectivity index (χ2n) is 7.80. The van der Waals surface area contributed by atoms with Crippen molar-refractivity contribution in [2.45, 2.75) is 40.0 Å². The van der Waals surface area contributed by atoms with Crippen LogP contribution in [0.2, 0.25) is 0 Å². The van der Waals surface area contributed by atoms with Gasteiger partial charge in [-0.1, -0.05) is 20.8 Å². The lowest BCUT2D eigenvalue weighted by atomic mass is 9.72. The fourth-order valence-electron chi connectivity index (χ4n) is 3.49. The Balaban J connectivity index is 1.95. The van der Waals surface area contributed by atoms with Crippen molar-refractivity contribution in [3.05, 3.63) is 34.0 Å². The van der Waals surface area contributed by atoms with E-state index in [9.17, 15) is 9.59 Å². The Kier molecular flexibility index (Phi) is 4.92. The van der Waals surface area contributed by atoms with Crippen LogP contribution in [-0.4, -0.2) is 28.8 Å². The molecule has 0 spiro atoms. The third-order valence-electron chi connectivity index (χ3n) is 5.16. The number of carbonyl (C=O) groups excluding carboxylic acids is 2. The van der Waals surface area contributed by atoms with Crippen molar-refractivity contribution < 1.29 is 14.3 Å². The molecule has 0 aromatic carbocycles. The van der Waals surface area contributed by atoms with Gasteiger partial charge in [-0.15, -0.1) is 11.3 Å². The molecule has 0 bridgehead atoms. The first-order chi connectivity index (χ1) is 12.2. The molecule has 0 saturated heterocycles. The molecule has 6 nitrogen and oxygen atoms in total. The number of aromatic nitrogens is 2. The predicted molar refractivity (Wildman–Crippen MR) is 102 cm³/mol. The molecule has 140 valence electrons. The van der Waals surface area contributed by atoms with Crippen LogP contribution in [-0.2, 0) is 24.6 Å². The molecule has 0 unspecified atom stereocenters. The molecule has 26 heavy (non-hydrogen) atoms. The fourth-order valence-corrected chi connectivity index (χ4v) is 4.81. The number of carbonyl (C=O) groups is 2. The summed E-state index contributed by atoms with van der Waals surface area (Å²) in [6.07, 6.45) is 4.37. The second kappa shape index (κ2) is 6.87. The molecule has 2 heterocycles. The molecular weight excluding hydrogens is 350 g/mol. The molecule has 2 aromatic heterocycles. The van der Waals surface area contributed by atoms with E-state index in [1.807, 2.05) is 0 Å². The maximum Gasteiger partial charge on any atom is 0.341 e. The highest BCUT2D eigenvalue weighted by Crippen LogP contribution is 2.44. The van der Waals surface area contributed by atoms with Gasteiger partial charge in [-0.2, -0.15) is 5.10 Å². The Morgan fingerprint density at radius 3 is 2.69 bits per heavy atom. The summed E-state index contributed by atoms with van der Waals surface area (Å²) >= 11 is 1.49. The largest absolute Gasteiger partial charge is 0.465 e. The minimum Gasteiger partial charge on any atom is -0.465 e. The number of anilines is 1. The maximum absolute atomic E-state index is 12.6. The summed E-state index contributed by atoms with van der Waals surface area (Å²) in [5.74, 6) is -0.113. The Morgan fingerprint density at radius 2 is 2.12 bits per heavy atom. The maximum atomic E-state index is 12.6. The SMILES string of the molecule is COC(=O)c1c(NC(=O)c2ccnn2C)sc2c1CC[C@@H](C(C)(C)C)C2. The molecule has 7 heteroatoms.